The minimum atomic E-state index is -1.18. The number of guanidine groups is 1. The standard InChI is InChI=1S/C20H22N4O4/c21-19(22)23-10-9-17(18(25)26)24-20(27)28-11-16-14-7-3-1-5-12(14)13-6-2-4-8-15(13)16/h1-8,16-17H,9-11H2,(H,24,27)(H,25,26)(H4,21,22,23)/t17-/m0/s1. The molecule has 0 heterocycles. The molecule has 0 unspecified atom stereocenters. The van der Waals surface area contributed by atoms with Gasteiger partial charge in [-0.1, -0.05) is 48.5 Å². The van der Waals surface area contributed by atoms with Gasteiger partial charge in [0.25, 0.3) is 0 Å². The lowest BCUT2D eigenvalue weighted by Gasteiger charge is -2.17. The predicted octanol–water partition coefficient (Wildman–Crippen LogP) is 1.64. The number of aliphatic imine (C=N–C) groups is 1. The van der Waals surface area contributed by atoms with Crippen LogP contribution >= 0.6 is 0 Å². The van der Waals surface area contributed by atoms with Crippen molar-refractivity contribution < 1.29 is 19.4 Å². The predicted molar refractivity (Wildman–Crippen MR) is 105 cm³/mol. The van der Waals surface area contributed by atoms with E-state index in [2.05, 4.69) is 10.3 Å². The topological polar surface area (TPSA) is 140 Å². The number of benzene rings is 2. The summed E-state index contributed by atoms with van der Waals surface area (Å²) in [7, 11) is 0. The van der Waals surface area contributed by atoms with E-state index in [1.165, 1.54) is 0 Å². The number of nitrogens with one attached hydrogen (secondary N) is 1. The molecule has 0 saturated heterocycles. The van der Waals surface area contributed by atoms with Crippen molar-refractivity contribution >= 4 is 18.0 Å². The van der Waals surface area contributed by atoms with Crippen LogP contribution in [0.2, 0.25) is 0 Å². The Balaban J connectivity index is 1.64. The summed E-state index contributed by atoms with van der Waals surface area (Å²) in [5.41, 5.74) is 14.8. The Morgan fingerprint density at radius 2 is 1.64 bits per heavy atom. The van der Waals surface area contributed by atoms with Gasteiger partial charge in [-0.25, -0.2) is 9.59 Å². The molecule has 0 fully saturated rings. The number of aliphatic carboxylic acids is 1. The highest BCUT2D eigenvalue weighted by Gasteiger charge is 2.29. The van der Waals surface area contributed by atoms with Crippen molar-refractivity contribution in [2.24, 2.45) is 16.5 Å². The molecule has 8 nitrogen and oxygen atoms in total. The van der Waals surface area contributed by atoms with E-state index in [0.29, 0.717) is 0 Å². The molecule has 1 aliphatic rings. The zero-order valence-corrected chi connectivity index (χ0v) is 15.2. The molecule has 1 atom stereocenters. The molecule has 1 amide bonds. The van der Waals surface area contributed by atoms with E-state index in [4.69, 9.17) is 16.2 Å². The van der Waals surface area contributed by atoms with E-state index in [0.717, 1.165) is 22.3 Å². The molecule has 2 aromatic carbocycles. The fourth-order valence-electron chi connectivity index (χ4n) is 3.36. The Labute approximate surface area is 162 Å². The fraction of sp³-hybridized carbons (Fsp3) is 0.250. The van der Waals surface area contributed by atoms with E-state index in [-0.39, 0.29) is 31.4 Å². The highest BCUT2D eigenvalue weighted by Crippen LogP contribution is 2.44. The van der Waals surface area contributed by atoms with Crippen molar-refractivity contribution in [3.8, 4) is 11.1 Å². The van der Waals surface area contributed by atoms with E-state index in [1.807, 2.05) is 48.5 Å². The van der Waals surface area contributed by atoms with Gasteiger partial charge in [0.05, 0.1) is 0 Å². The minimum absolute atomic E-state index is 0.0530. The van der Waals surface area contributed by atoms with Gasteiger partial charge in [0.1, 0.15) is 12.6 Å². The summed E-state index contributed by atoms with van der Waals surface area (Å²) in [6, 6.07) is 14.8. The van der Waals surface area contributed by atoms with Gasteiger partial charge in [0.2, 0.25) is 0 Å². The van der Waals surface area contributed by atoms with Gasteiger partial charge in [-0.2, -0.15) is 0 Å². The number of hydrogen-bond acceptors (Lipinski definition) is 4. The molecular weight excluding hydrogens is 360 g/mol. The van der Waals surface area contributed by atoms with Gasteiger partial charge in [0, 0.05) is 12.5 Å². The van der Waals surface area contributed by atoms with Gasteiger partial charge in [-0.05, 0) is 28.7 Å². The van der Waals surface area contributed by atoms with Gasteiger partial charge in [0.15, 0.2) is 5.96 Å². The zero-order chi connectivity index (χ0) is 20.1. The lowest BCUT2D eigenvalue weighted by Crippen LogP contribution is -2.42. The van der Waals surface area contributed by atoms with Crippen LogP contribution in [0, 0.1) is 0 Å². The maximum atomic E-state index is 12.2. The van der Waals surface area contributed by atoms with Gasteiger partial charge in [-0.15, -0.1) is 0 Å². The monoisotopic (exact) mass is 382 g/mol. The maximum Gasteiger partial charge on any atom is 0.407 e. The summed E-state index contributed by atoms with van der Waals surface area (Å²) in [6.07, 6.45) is -0.740. The molecule has 0 saturated carbocycles. The maximum absolute atomic E-state index is 12.2. The van der Waals surface area contributed by atoms with Crippen LogP contribution in [0.15, 0.2) is 53.5 Å². The second-order valence-electron chi connectivity index (χ2n) is 6.46. The number of amides is 1. The highest BCUT2D eigenvalue weighted by molar-refractivity contribution is 5.81. The van der Waals surface area contributed by atoms with E-state index < -0.39 is 18.1 Å². The van der Waals surface area contributed by atoms with Gasteiger partial charge in [-0.3, -0.25) is 4.99 Å². The van der Waals surface area contributed by atoms with Crippen LogP contribution < -0.4 is 16.8 Å². The van der Waals surface area contributed by atoms with Crippen molar-refractivity contribution in [3.05, 3.63) is 59.7 Å². The van der Waals surface area contributed by atoms with Crippen LogP contribution in [0.1, 0.15) is 23.5 Å². The van der Waals surface area contributed by atoms with Crippen molar-refractivity contribution in [2.45, 2.75) is 18.4 Å². The smallest absolute Gasteiger partial charge is 0.407 e. The summed E-state index contributed by atoms with van der Waals surface area (Å²) >= 11 is 0. The Morgan fingerprint density at radius 3 is 2.18 bits per heavy atom. The average molecular weight is 382 g/mol. The Morgan fingerprint density at radius 1 is 1.07 bits per heavy atom. The molecule has 3 rings (SSSR count). The number of hydrogen-bond donors (Lipinski definition) is 4. The average Bonchev–Trinajstić information content (AvgIpc) is 2.99. The number of ether oxygens (including phenoxy) is 1. The summed E-state index contributed by atoms with van der Waals surface area (Å²) in [4.78, 5) is 27.2. The van der Waals surface area contributed by atoms with E-state index in [9.17, 15) is 14.7 Å². The second-order valence-corrected chi connectivity index (χ2v) is 6.46. The third kappa shape index (κ3) is 4.22. The van der Waals surface area contributed by atoms with Gasteiger partial charge < -0.3 is 26.6 Å². The summed E-state index contributed by atoms with van der Waals surface area (Å²) in [5, 5.41) is 11.6. The lowest BCUT2D eigenvalue weighted by atomic mass is 9.98. The third-order valence-electron chi connectivity index (χ3n) is 4.65. The number of carbonyl (C=O) groups excluding carboxylic acids is 1. The van der Waals surface area contributed by atoms with Crippen LogP contribution in [-0.2, 0) is 9.53 Å². The van der Waals surface area contributed by atoms with Crippen molar-refractivity contribution in [3.63, 3.8) is 0 Å². The summed E-state index contributed by atoms with van der Waals surface area (Å²) < 4.78 is 5.35. The number of carboxylic acid groups (broad SMARTS) is 1. The van der Waals surface area contributed by atoms with E-state index in [1.54, 1.807) is 0 Å². The third-order valence-corrected chi connectivity index (χ3v) is 4.65. The molecular formula is C20H22N4O4. The quantitative estimate of drug-likeness (QED) is 0.424. The van der Waals surface area contributed by atoms with Crippen LogP contribution in [0.3, 0.4) is 0 Å². The van der Waals surface area contributed by atoms with Crippen molar-refractivity contribution in [2.75, 3.05) is 13.2 Å². The number of fused-ring (bicyclic) bond motifs is 3. The Kier molecular flexibility index (Phi) is 5.78. The second kappa shape index (κ2) is 8.43. The zero-order valence-electron chi connectivity index (χ0n) is 15.2. The number of rotatable bonds is 7. The molecule has 146 valence electrons. The Hall–Kier alpha value is -3.55. The first-order chi connectivity index (χ1) is 13.5. The molecule has 0 bridgehead atoms. The summed E-state index contributed by atoms with van der Waals surface area (Å²) in [5.74, 6) is -1.41. The first-order valence-electron chi connectivity index (χ1n) is 8.87. The molecule has 0 radical (unpaired) electrons. The molecule has 0 aromatic heterocycles. The number of alkyl carbamates (subject to hydrolysis) is 1. The summed E-state index contributed by atoms with van der Waals surface area (Å²) in [6.45, 7) is 0.197. The molecule has 2 aromatic rings. The van der Waals surface area contributed by atoms with E-state index >= 15 is 0 Å². The van der Waals surface area contributed by atoms with Crippen LogP contribution in [0.4, 0.5) is 4.79 Å². The minimum Gasteiger partial charge on any atom is -0.480 e. The van der Waals surface area contributed by atoms with Crippen LogP contribution in [0.5, 0.6) is 0 Å². The normalized spacial score (nSPS) is 13.1. The molecule has 1 aliphatic carbocycles. The molecule has 0 spiro atoms. The number of carbonyl (C=O) groups is 2. The molecule has 6 N–H and O–H groups in total. The van der Waals surface area contributed by atoms with Crippen molar-refractivity contribution in [1.29, 1.82) is 0 Å². The Bertz CT molecular complexity index is 863. The first-order valence-corrected chi connectivity index (χ1v) is 8.87. The van der Waals surface area contributed by atoms with Crippen LogP contribution in [-0.4, -0.2) is 42.3 Å². The first kappa shape index (κ1) is 19.2. The lowest BCUT2D eigenvalue weighted by molar-refractivity contribution is -0.139. The fourth-order valence-corrected chi connectivity index (χ4v) is 3.36. The largest absolute Gasteiger partial charge is 0.480 e. The molecule has 0 aliphatic heterocycles. The number of nitrogens with two attached hydrogens (primary N) is 2. The number of carboxylic acids is 1. The van der Waals surface area contributed by atoms with Crippen molar-refractivity contribution in [1.82, 2.24) is 5.32 Å². The SMILES string of the molecule is NC(N)=NCC[C@H](NC(=O)OCC1c2ccccc2-c2ccccc21)C(=O)O. The number of nitrogens with zero attached hydrogens (tertiary/aromatic N) is 1. The highest BCUT2D eigenvalue weighted by atomic mass is 16.5. The molecule has 8 heteroatoms. The molecule has 28 heavy (non-hydrogen) atoms. The van der Waals surface area contributed by atoms with Crippen LogP contribution in [0.25, 0.3) is 11.1 Å². The van der Waals surface area contributed by atoms with Gasteiger partial charge >= 0.3 is 12.1 Å².